The normalized spacial score (nSPS) is 18.0. The van der Waals surface area contributed by atoms with E-state index in [1.807, 2.05) is 37.2 Å². The van der Waals surface area contributed by atoms with Gasteiger partial charge >= 0.3 is 0 Å². The second-order valence-electron chi connectivity index (χ2n) is 6.69. The molecule has 1 unspecified atom stereocenters. The molecule has 0 aliphatic carbocycles. The zero-order chi connectivity index (χ0) is 17.6. The summed E-state index contributed by atoms with van der Waals surface area (Å²) < 4.78 is 5.48. The summed E-state index contributed by atoms with van der Waals surface area (Å²) in [5.41, 5.74) is 1.24. The summed E-state index contributed by atoms with van der Waals surface area (Å²) in [4.78, 5) is 13.1. The quantitative estimate of drug-likeness (QED) is 0.872. The first-order valence-corrected chi connectivity index (χ1v) is 8.76. The minimum absolute atomic E-state index is 0.397. The first-order chi connectivity index (χ1) is 12.2. The largest absolute Gasteiger partial charge is 0.496 e. The van der Waals surface area contributed by atoms with E-state index < -0.39 is 0 Å². The predicted molar refractivity (Wildman–Crippen MR) is 101 cm³/mol. The van der Waals surface area contributed by atoms with Crippen molar-refractivity contribution in [1.29, 1.82) is 0 Å². The van der Waals surface area contributed by atoms with Crippen LogP contribution in [0.25, 0.3) is 0 Å². The Morgan fingerprint density at radius 1 is 1.28 bits per heavy atom. The van der Waals surface area contributed by atoms with Gasteiger partial charge in [-0.1, -0.05) is 18.2 Å². The van der Waals surface area contributed by atoms with Crippen LogP contribution in [0.15, 0.2) is 36.7 Å². The van der Waals surface area contributed by atoms with Crippen LogP contribution in [-0.2, 0) is 6.54 Å². The lowest BCUT2D eigenvalue weighted by Crippen LogP contribution is -2.41. The Balaban J connectivity index is 1.62. The molecule has 1 atom stereocenters. The van der Waals surface area contributed by atoms with Gasteiger partial charge in [0.15, 0.2) is 0 Å². The molecular weight excluding hydrogens is 314 g/mol. The van der Waals surface area contributed by atoms with E-state index in [2.05, 4.69) is 32.3 Å². The van der Waals surface area contributed by atoms with E-state index in [0.717, 1.165) is 43.4 Å². The summed E-state index contributed by atoms with van der Waals surface area (Å²) in [5, 5.41) is 3.57. The van der Waals surface area contributed by atoms with Gasteiger partial charge in [-0.3, -0.25) is 4.90 Å². The van der Waals surface area contributed by atoms with Crippen molar-refractivity contribution < 1.29 is 4.74 Å². The molecule has 0 spiro atoms. The van der Waals surface area contributed by atoms with Crippen molar-refractivity contribution in [3.63, 3.8) is 0 Å². The summed E-state index contributed by atoms with van der Waals surface area (Å²) in [7, 11) is 5.71. The SMILES string of the molecule is COc1ccccc1CN1CCCC(Nc2cc(N(C)C)ncn2)C1. The summed E-state index contributed by atoms with van der Waals surface area (Å²) in [5.74, 6) is 2.77. The summed E-state index contributed by atoms with van der Waals surface area (Å²) in [6.07, 6.45) is 3.95. The number of hydrogen-bond acceptors (Lipinski definition) is 6. The lowest BCUT2D eigenvalue weighted by Gasteiger charge is -2.33. The highest BCUT2D eigenvalue weighted by atomic mass is 16.5. The fourth-order valence-electron chi connectivity index (χ4n) is 3.27. The number of likely N-dealkylation sites (tertiary alicyclic amines) is 1. The summed E-state index contributed by atoms with van der Waals surface area (Å²) in [6, 6.07) is 10.6. The third-order valence-electron chi connectivity index (χ3n) is 4.55. The van der Waals surface area contributed by atoms with Gasteiger partial charge < -0.3 is 15.0 Å². The van der Waals surface area contributed by atoms with E-state index in [1.165, 1.54) is 12.0 Å². The monoisotopic (exact) mass is 341 g/mol. The van der Waals surface area contributed by atoms with E-state index in [9.17, 15) is 0 Å². The number of nitrogens with one attached hydrogen (secondary N) is 1. The molecule has 1 aromatic heterocycles. The van der Waals surface area contributed by atoms with Crippen molar-refractivity contribution >= 4 is 11.6 Å². The minimum Gasteiger partial charge on any atom is -0.496 e. The van der Waals surface area contributed by atoms with Crippen LogP contribution < -0.4 is 15.0 Å². The highest BCUT2D eigenvalue weighted by Gasteiger charge is 2.21. The van der Waals surface area contributed by atoms with Gasteiger partial charge in [0.1, 0.15) is 23.7 Å². The molecule has 2 aromatic rings. The number of ether oxygens (including phenoxy) is 1. The Morgan fingerprint density at radius 2 is 2.12 bits per heavy atom. The number of benzene rings is 1. The summed E-state index contributed by atoms with van der Waals surface area (Å²) >= 11 is 0. The molecular formula is C19H27N5O. The fraction of sp³-hybridized carbons (Fsp3) is 0.474. The fourth-order valence-corrected chi connectivity index (χ4v) is 3.27. The molecule has 6 heteroatoms. The van der Waals surface area contributed by atoms with Crippen LogP contribution in [0, 0.1) is 0 Å². The Hall–Kier alpha value is -2.34. The van der Waals surface area contributed by atoms with Gasteiger partial charge in [-0.2, -0.15) is 0 Å². The number of para-hydroxylation sites is 1. The van der Waals surface area contributed by atoms with Gasteiger partial charge in [0.2, 0.25) is 0 Å². The second-order valence-corrected chi connectivity index (χ2v) is 6.69. The van der Waals surface area contributed by atoms with E-state index in [4.69, 9.17) is 4.74 Å². The molecule has 1 N–H and O–H groups in total. The lowest BCUT2D eigenvalue weighted by molar-refractivity contribution is 0.206. The third kappa shape index (κ3) is 4.60. The second kappa shape index (κ2) is 8.16. The van der Waals surface area contributed by atoms with E-state index in [-0.39, 0.29) is 0 Å². The van der Waals surface area contributed by atoms with Crippen LogP contribution in [0.3, 0.4) is 0 Å². The van der Waals surface area contributed by atoms with Crippen molar-refractivity contribution in [2.24, 2.45) is 0 Å². The molecule has 6 nitrogen and oxygen atoms in total. The van der Waals surface area contributed by atoms with Crippen LogP contribution in [0.2, 0.25) is 0 Å². The van der Waals surface area contributed by atoms with Gasteiger partial charge in [0.25, 0.3) is 0 Å². The van der Waals surface area contributed by atoms with Crippen LogP contribution in [0.1, 0.15) is 18.4 Å². The van der Waals surface area contributed by atoms with Gasteiger partial charge in [0.05, 0.1) is 7.11 Å². The Labute approximate surface area is 149 Å². The van der Waals surface area contributed by atoms with Crippen molar-refractivity contribution in [2.45, 2.75) is 25.4 Å². The molecule has 0 amide bonds. The van der Waals surface area contributed by atoms with Crippen LogP contribution in [0.4, 0.5) is 11.6 Å². The topological polar surface area (TPSA) is 53.5 Å². The third-order valence-corrected chi connectivity index (χ3v) is 4.55. The molecule has 0 radical (unpaired) electrons. The molecule has 1 aromatic carbocycles. The van der Waals surface area contributed by atoms with Crippen molar-refractivity contribution in [3.05, 3.63) is 42.2 Å². The molecule has 1 saturated heterocycles. The van der Waals surface area contributed by atoms with Crippen molar-refractivity contribution in [1.82, 2.24) is 14.9 Å². The molecule has 0 saturated carbocycles. The van der Waals surface area contributed by atoms with E-state index >= 15 is 0 Å². The number of piperidine rings is 1. The smallest absolute Gasteiger partial charge is 0.133 e. The molecule has 0 bridgehead atoms. The predicted octanol–water partition coefficient (Wildman–Crippen LogP) is 2.63. The summed E-state index contributed by atoms with van der Waals surface area (Å²) in [6.45, 7) is 3.03. The maximum Gasteiger partial charge on any atom is 0.133 e. The van der Waals surface area contributed by atoms with Crippen LogP contribution in [0.5, 0.6) is 5.75 Å². The molecule has 1 aliphatic rings. The number of anilines is 2. The number of methoxy groups -OCH3 is 1. The van der Waals surface area contributed by atoms with Crippen molar-refractivity contribution in [2.75, 3.05) is 44.5 Å². The van der Waals surface area contributed by atoms with Crippen LogP contribution >= 0.6 is 0 Å². The first kappa shape index (κ1) is 17.5. The van der Waals surface area contributed by atoms with Crippen LogP contribution in [-0.4, -0.2) is 55.2 Å². The highest BCUT2D eigenvalue weighted by molar-refractivity contribution is 5.48. The Bertz CT molecular complexity index is 691. The maximum atomic E-state index is 5.48. The van der Waals surface area contributed by atoms with Gasteiger partial charge in [-0.15, -0.1) is 0 Å². The maximum absolute atomic E-state index is 5.48. The standard InChI is InChI=1S/C19H27N5O/c1-23(2)19-11-18(20-14-21-19)22-16-8-6-10-24(13-16)12-15-7-4-5-9-17(15)25-3/h4-5,7,9,11,14,16H,6,8,10,12-13H2,1-3H3,(H,20,21,22). The minimum atomic E-state index is 0.397. The number of nitrogens with zero attached hydrogens (tertiary/aromatic N) is 4. The molecule has 2 heterocycles. The average molecular weight is 341 g/mol. The molecule has 25 heavy (non-hydrogen) atoms. The Kier molecular flexibility index (Phi) is 5.71. The first-order valence-electron chi connectivity index (χ1n) is 8.76. The number of rotatable bonds is 6. The van der Waals surface area contributed by atoms with E-state index in [0.29, 0.717) is 6.04 Å². The lowest BCUT2D eigenvalue weighted by atomic mass is 10.0. The zero-order valence-electron chi connectivity index (χ0n) is 15.3. The van der Waals surface area contributed by atoms with Gasteiger partial charge in [-0.25, -0.2) is 9.97 Å². The number of hydrogen-bond donors (Lipinski definition) is 1. The molecule has 1 aliphatic heterocycles. The molecule has 3 rings (SSSR count). The van der Waals surface area contributed by atoms with E-state index in [1.54, 1.807) is 13.4 Å². The average Bonchev–Trinajstić information content (AvgIpc) is 2.63. The molecule has 1 fully saturated rings. The highest BCUT2D eigenvalue weighted by Crippen LogP contribution is 2.22. The Morgan fingerprint density at radius 3 is 2.92 bits per heavy atom. The molecule has 134 valence electrons. The van der Waals surface area contributed by atoms with Gasteiger partial charge in [-0.05, 0) is 25.5 Å². The van der Waals surface area contributed by atoms with Crippen molar-refractivity contribution in [3.8, 4) is 5.75 Å². The number of aromatic nitrogens is 2. The van der Waals surface area contributed by atoms with Gasteiger partial charge in [0, 0.05) is 44.9 Å². The zero-order valence-corrected chi connectivity index (χ0v) is 15.3.